The summed E-state index contributed by atoms with van der Waals surface area (Å²) in [5, 5.41) is 0. The van der Waals surface area contributed by atoms with Gasteiger partial charge in [0.2, 0.25) is 0 Å². The molecular formula is C21H26N2O4. The first-order valence-electron chi connectivity index (χ1n) is 9.35. The summed E-state index contributed by atoms with van der Waals surface area (Å²) in [5.74, 6) is -0.391. The van der Waals surface area contributed by atoms with E-state index in [0.29, 0.717) is 12.8 Å². The van der Waals surface area contributed by atoms with Crippen LogP contribution >= 0.6 is 0 Å². The van der Waals surface area contributed by atoms with Gasteiger partial charge in [-0.25, -0.2) is 0 Å². The minimum atomic E-state index is -0.196. The van der Waals surface area contributed by atoms with Gasteiger partial charge in [-0.15, -0.1) is 0 Å². The van der Waals surface area contributed by atoms with E-state index in [-0.39, 0.29) is 25.2 Å². The van der Waals surface area contributed by atoms with Crippen molar-refractivity contribution in [2.24, 2.45) is 0 Å². The number of esters is 2. The molecule has 0 spiro atoms. The molecule has 0 aromatic carbocycles. The van der Waals surface area contributed by atoms with Crippen molar-refractivity contribution >= 4 is 11.9 Å². The molecule has 0 unspecified atom stereocenters. The number of hydrogen-bond donors (Lipinski definition) is 0. The molecule has 0 bridgehead atoms. The van der Waals surface area contributed by atoms with Gasteiger partial charge in [-0.05, 0) is 37.1 Å². The summed E-state index contributed by atoms with van der Waals surface area (Å²) in [6.07, 6.45) is 8.66. The van der Waals surface area contributed by atoms with Gasteiger partial charge >= 0.3 is 11.9 Å². The van der Waals surface area contributed by atoms with Crippen LogP contribution in [0.5, 0.6) is 0 Å². The molecule has 0 amide bonds. The van der Waals surface area contributed by atoms with E-state index in [1.807, 2.05) is 36.4 Å². The van der Waals surface area contributed by atoms with E-state index in [0.717, 1.165) is 43.5 Å². The Balaban J connectivity index is 1.41. The highest BCUT2D eigenvalue weighted by Gasteiger charge is 2.05. The molecular weight excluding hydrogens is 344 g/mol. The van der Waals surface area contributed by atoms with Gasteiger partial charge in [0.25, 0.3) is 0 Å². The fourth-order valence-corrected chi connectivity index (χ4v) is 2.49. The first-order valence-corrected chi connectivity index (χ1v) is 9.35. The van der Waals surface area contributed by atoms with Gasteiger partial charge in [-0.2, -0.15) is 0 Å². The summed E-state index contributed by atoms with van der Waals surface area (Å²) in [5.41, 5.74) is 1.50. The third-order valence-corrected chi connectivity index (χ3v) is 3.98. The number of carbonyl (C=O) groups excluding carboxylic acids is 2. The number of rotatable bonds is 12. The zero-order valence-electron chi connectivity index (χ0n) is 15.5. The molecule has 0 aliphatic rings. The topological polar surface area (TPSA) is 78.4 Å². The largest absolute Gasteiger partial charge is 0.459 e. The summed E-state index contributed by atoms with van der Waals surface area (Å²) in [6.45, 7) is 0.445. The first-order chi connectivity index (χ1) is 13.2. The van der Waals surface area contributed by atoms with Gasteiger partial charge in [0, 0.05) is 25.2 Å². The smallest absolute Gasteiger partial charge is 0.306 e. The maximum absolute atomic E-state index is 11.7. The van der Waals surface area contributed by atoms with Crippen molar-refractivity contribution in [3.05, 3.63) is 60.2 Å². The minimum Gasteiger partial charge on any atom is -0.459 e. The summed E-state index contributed by atoms with van der Waals surface area (Å²) < 4.78 is 10.4. The standard InChI is InChI=1S/C21H26N2O4/c24-20(26-16-18-10-6-8-14-22-18)12-4-2-1-3-5-13-21(25)27-17-19-11-7-9-15-23-19/h6-11,14-15H,1-5,12-13,16-17H2. The van der Waals surface area contributed by atoms with Crippen LogP contribution in [-0.2, 0) is 32.3 Å². The molecule has 144 valence electrons. The van der Waals surface area contributed by atoms with E-state index in [2.05, 4.69) is 9.97 Å². The van der Waals surface area contributed by atoms with Crippen LogP contribution in [0.1, 0.15) is 56.3 Å². The quantitative estimate of drug-likeness (QED) is 0.415. The monoisotopic (exact) mass is 370 g/mol. The van der Waals surface area contributed by atoms with Crippen LogP contribution in [0.4, 0.5) is 0 Å². The van der Waals surface area contributed by atoms with Gasteiger partial charge in [0.1, 0.15) is 13.2 Å². The van der Waals surface area contributed by atoms with E-state index < -0.39 is 0 Å². The highest BCUT2D eigenvalue weighted by molar-refractivity contribution is 5.69. The lowest BCUT2D eigenvalue weighted by Gasteiger charge is -2.05. The van der Waals surface area contributed by atoms with Crippen molar-refractivity contribution in [2.75, 3.05) is 0 Å². The summed E-state index contributed by atoms with van der Waals surface area (Å²) in [7, 11) is 0. The Hall–Kier alpha value is -2.76. The summed E-state index contributed by atoms with van der Waals surface area (Å²) >= 11 is 0. The van der Waals surface area contributed by atoms with E-state index in [1.54, 1.807) is 12.4 Å². The van der Waals surface area contributed by atoms with Crippen molar-refractivity contribution in [3.8, 4) is 0 Å². The Bertz CT molecular complexity index is 618. The first kappa shape index (κ1) is 20.6. The fraction of sp³-hybridized carbons (Fsp3) is 0.429. The van der Waals surface area contributed by atoms with Gasteiger partial charge in [-0.1, -0.05) is 31.4 Å². The average Bonchev–Trinajstić information content (AvgIpc) is 2.71. The molecule has 2 heterocycles. The SMILES string of the molecule is O=C(CCCCCCCC(=O)OCc1ccccn1)OCc1ccccn1. The number of unbranched alkanes of at least 4 members (excludes halogenated alkanes) is 4. The fourth-order valence-electron chi connectivity index (χ4n) is 2.49. The number of ether oxygens (including phenoxy) is 2. The lowest BCUT2D eigenvalue weighted by molar-refractivity contribution is -0.146. The molecule has 6 nitrogen and oxygen atoms in total. The van der Waals surface area contributed by atoms with Crippen LogP contribution in [0, 0.1) is 0 Å². The maximum atomic E-state index is 11.7. The molecule has 0 N–H and O–H groups in total. The van der Waals surface area contributed by atoms with E-state index in [1.165, 1.54) is 0 Å². The van der Waals surface area contributed by atoms with Crippen LogP contribution < -0.4 is 0 Å². The molecule has 6 heteroatoms. The Morgan fingerprint density at radius 3 is 1.52 bits per heavy atom. The summed E-state index contributed by atoms with van der Waals surface area (Å²) in [6, 6.07) is 11.0. The van der Waals surface area contributed by atoms with Gasteiger partial charge < -0.3 is 9.47 Å². The number of nitrogens with zero attached hydrogens (tertiary/aromatic N) is 2. The van der Waals surface area contributed by atoms with Crippen LogP contribution in [0.15, 0.2) is 48.8 Å². The maximum Gasteiger partial charge on any atom is 0.306 e. The Labute approximate surface area is 159 Å². The van der Waals surface area contributed by atoms with Crippen molar-refractivity contribution in [1.29, 1.82) is 0 Å². The number of hydrogen-bond acceptors (Lipinski definition) is 6. The molecule has 0 radical (unpaired) electrons. The zero-order chi connectivity index (χ0) is 19.2. The van der Waals surface area contributed by atoms with Gasteiger partial charge in [-0.3, -0.25) is 19.6 Å². The zero-order valence-corrected chi connectivity index (χ0v) is 15.5. The predicted molar refractivity (Wildman–Crippen MR) is 100 cm³/mol. The molecule has 0 saturated heterocycles. The van der Waals surface area contributed by atoms with E-state index in [9.17, 15) is 9.59 Å². The number of pyridine rings is 2. The van der Waals surface area contributed by atoms with Crippen LogP contribution in [-0.4, -0.2) is 21.9 Å². The average molecular weight is 370 g/mol. The second kappa shape index (κ2) is 12.6. The molecule has 2 aromatic heterocycles. The van der Waals surface area contributed by atoms with Crippen LogP contribution in [0.2, 0.25) is 0 Å². The molecule has 0 aliphatic carbocycles. The second-order valence-electron chi connectivity index (χ2n) is 6.23. The third-order valence-electron chi connectivity index (χ3n) is 3.98. The molecule has 27 heavy (non-hydrogen) atoms. The molecule has 0 fully saturated rings. The van der Waals surface area contributed by atoms with E-state index in [4.69, 9.17) is 9.47 Å². The van der Waals surface area contributed by atoms with Crippen molar-refractivity contribution in [1.82, 2.24) is 9.97 Å². The Morgan fingerprint density at radius 1 is 0.667 bits per heavy atom. The van der Waals surface area contributed by atoms with Crippen molar-refractivity contribution in [2.45, 2.75) is 58.2 Å². The Morgan fingerprint density at radius 2 is 1.11 bits per heavy atom. The van der Waals surface area contributed by atoms with Crippen molar-refractivity contribution < 1.29 is 19.1 Å². The van der Waals surface area contributed by atoms with E-state index >= 15 is 0 Å². The highest BCUT2D eigenvalue weighted by Crippen LogP contribution is 2.09. The summed E-state index contributed by atoms with van der Waals surface area (Å²) in [4.78, 5) is 31.5. The highest BCUT2D eigenvalue weighted by atomic mass is 16.5. The van der Waals surface area contributed by atoms with Crippen LogP contribution in [0.25, 0.3) is 0 Å². The number of carbonyl (C=O) groups is 2. The third kappa shape index (κ3) is 9.49. The van der Waals surface area contributed by atoms with Gasteiger partial charge in [0.05, 0.1) is 11.4 Å². The Kier molecular flexibility index (Phi) is 9.57. The predicted octanol–water partition coefficient (Wildman–Crippen LogP) is 3.99. The lowest BCUT2D eigenvalue weighted by Crippen LogP contribution is -2.05. The van der Waals surface area contributed by atoms with Crippen LogP contribution in [0.3, 0.4) is 0 Å². The normalized spacial score (nSPS) is 10.4. The van der Waals surface area contributed by atoms with Gasteiger partial charge in [0.15, 0.2) is 0 Å². The molecule has 2 rings (SSSR count). The molecule has 0 saturated carbocycles. The molecule has 0 atom stereocenters. The van der Waals surface area contributed by atoms with Crippen molar-refractivity contribution in [3.63, 3.8) is 0 Å². The molecule has 2 aromatic rings. The second-order valence-corrected chi connectivity index (χ2v) is 6.23. The minimum absolute atomic E-state index is 0.196. The number of aromatic nitrogens is 2. The lowest BCUT2D eigenvalue weighted by atomic mass is 10.1. The molecule has 0 aliphatic heterocycles.